The van der Waals surface area contributed by atoms with E-state index < -0.39 is 4.92 Å². The smallest absolute Gasteiger partial charge is 0.358 e. The molecule has 7 nitrogen and oxygen atoms in total. The fraction of sp³-hybridized carbons (Fsp3) is 0.636. The van der Waals surface area contributed by atoms with Gasteiger partial charge in [-0.1, -0.05) is 0 Å². The van der Waals surface area contributed by atoms with Crippen molar-refractivity contribution in [3.05, 3.63) is 22.6 Å². The van der Waals surface area contributed by atoms with Gasteiger partial charge in [-0.3, -0.25) is 4.79 Å². The number of likely N-dealkylation sites (tertiary alicyclic amines) is 1. The van der Waals surface area contributed by atoms with E-state index in [-0.39, 0.29) is 11.7 Å². The van der Waals surface area contributed by atoms with Crippen LogP contribution in [-0.2, 0) is 11.3 Å². The normalized spacial score (nSPS) is 15.7. The fourth-order valence-electron chi connectivity index (χ4n) is 2.09. The third-order valence-electron chi connectivity index (χ3n) is 3.10. The molecule has 0 saturated carbocycles. The number of nitro groups is 1. The highest BCUT2D eigenvalue weighted by Gasteiger charge is 2.17. The summed E-state index contributed by atoms with van der Waals surface area (Å²) in [7, 11) is 0. The van der Waals surface area contributed by atoms with Crippen molar-refractivity contribution in [3.8, 4) is 0 Å². The van der Waals surface area contributed by atoms with Crippen molar-refractivity contribution in [3.63, 3.8) is 0 Å². The van der Waals surface area contributed by atoms with Crippen LogP contribution in [0.5, 0.6) is 0 Å². The first-order valence-corrected chi connectivity index (χ1v) is 6.11. The van der Waals surface area contributed by atoms with Gasteiger partial charge in [0.15, 0.2) is 0 Å². The van der Waals surface area contributed by atoms with Crippen molar-refractivity contribution in [1.29, 1.82) is 0 Å². The highest BCUT2D eigenvalue weighted by atomic mass is 16.6. The number of carbonyl (C=O) groups is 1. The first kappa shape index (κ1) is 12.5. The lowest BCUT2D eigenvalue weighted by atomic mass is 10.1. The van der Waals surface area contributed by atoms with Gasteiger partial charge in [-0.15, -0.1) is 0 Å². The zero-order chi connectivity index (χ0) is 13.0. The van der Waals surface area contributed by atoms with Crippen LogP contribution in [0.1, 0.15) is 25.7 Å². The predicted molar refractivity (Wildman–Crippen MR) is 63.9 cm³/mol. The summed E-state index contributed by atoms with van der Waals surface area (Å²) in [5.41, 5.74) is 0. The van der Waals surface area contributed by atoms with E-state index in [1.165, 1.54) is 18.9 Å². The van der Waals surface area contributed by atoms with E-state index in [9.17, 15) is 14.9 Å². The number of aryl methyl sites for hydroxylation is 1. The van der Waals surface area contributed by atoms with Gasteiger partial charge in [0.1, 0.15) is 6.20 Å². The van der Waals surface area contributed by atoms with Gasteiger partial charge in [-0.05, 0) is 29.2 Å². The molecule has 0 radical (unpaired) electrons. The molecular formula is C11H16N4O3. The maximum atomic E-state index is 11.9. The number of hydrogen-bond donors (Lipinski definition) is 0. The van der Waals surface area contributed by atoms with Crippen LogP contribution < -0.4 is 0 Å². The van der Waals surface area contributed by atoms with Gasteiger partial charge < -0.3 is 19.6 Å². The maximum absolute atomic E-state index is 11.9. The molecule has 2 rings (SSSR count). The molecule has 98 valence electrons. The van der Waals surface area contributed by atoms with Crippen LogP contribution in [-0.4, -0.2) is 38.4 Å². The summed E-state index contributed by atoms with van der Waals surface area (Å²) in [4.78, 5) is 27.3. The molecule has 0 unspecified atom stereocenters. The second kappa shape index (κ2) is 5.61. The molecule has 0 spiro atoms. The summed E-state index contributed by atoms with van der Waals surface area (Å²) >= 11 is 0. The van der Waals surface area contributed by atoms with Crippen molar-refractivity contribution >= 4 is 11.7 Å². The first-order chi connectivity index (χ1) is 8.66. The molecule has 0 bridgehead atoms. The Kier molecular flexibility index (Phi) is 3.91. The number of nitrogens with zero attached hydrogens (tertiary/aromatic N) is 4. The van der Waals surface area contributed by atoms with Gasteiger partial charge in [0.05, 0.1) is 0 Å². The first-order valence-electron chi connectivity index (χ1n) is 6.11. The summed E-state index contributed by atoms with van der Waals surface area (Å²) in [6.07, 6.45) is 6.45. The van der Waals surface area contributed by atoms with Crippen molar-refractivity contribution in [1.82, 2.24) is 14.5 Å². The molecule has 0 aliphatic carbocycles. The van der Waals surface area contributed by atoms with Crippen LogP contribution in [0, 0.1) is 10.1 Å². The summed E-state index contributed by atoms with van der Waals surface area (Å²) < 4.78 is 1.58. The fourth-order valence-corrected chi connectivity index (χ4v) is 2.09. The van der Waals surface area contributed by atoms with Gasteiger partial charge in [-0.25, -0.2) is 0 Å². The van der Waals surface area contributed by atoms with Gasteiger partial charge in [0.2, 0.25) is 12.2 Å². The van der Waals surface area contributed by atoms with E-state index in [2.05, 4.69) is 4.98 Å². The standard InChI is InChI=1S/C11H16N4O3/c16-11(14-5-2-1-3-6-14)4-7-13-8-10(12-9-13)15(17)18/h8-9H,1-7H2. The average Bonchev–Trinajstić information content (AvgIpc) is 2.86. The Bertz CT molecular complexity index is 437. The van der Waals surface area contributed by atoms with E-state index in [1.54, 1.807) is 4.57 Å². The SMILES string of the molecule is O=C(CCn1cnc([N+](=O)[O-])c1)N1CCCCC1. The van der Waals surface area contributed by atoms with E-state index in [0.717, 1.165) is 25.9 Å². The number of carbonyl (C=O) groups excluding carboxylic acids is 1. The molecule has 0 atom stereocenters. The number of aromatic nitrogens is 2. The number of piperidine rings is 1. The summed E-state index contributed by atoms with van der Waals surface area (Å²) in [5.74, 6) is -0.0634. The minimum absolute atomic E-state index is 0.117. The maximum Gasteiger partial charge on any atom is 0.381 e. The lowest BCUT2D eigenvalue weighted by molar-refractivity contribution is -0.389. The minimum Gasteiger partial charge on any atom is -0.358 e. The van der Waals surface area contributed by atoms with E-state index in [0.29, 0.717) is 13.0 Å². The Hall–Kier alpha value is -1.92. The topological polar surface area (TPSA) is 81.3 Å². The summed E-state index contributed by atoms with van der Waals surface area (Å²) in [6, 6.07) is 0. The zero-order valence-corrected chi connectivity index (χ0v) is 10.1. The largest absolute Gasteiger partial charge is 0.381 e. The van der Waals surface area contributed by atoms with Crippen LogP contribution in [0.4, 0.5) is 5.82 Å². The Morgan fingerprint density at radius 2 is 2.11 bits per heavy atom. The Morgan fingerprint density at radius 1 is 1.39 bits per heavy atom. The lowest BCUT2D eigenvalue weighted by Crippen LogP contribution is -2.35. The molecule has 2 heterocycles. The van der Waals surface area contributed by atoms with E-state index >= 15 is 0 Å². The van der Waals surface area contributed by atoms with Gasteiger partial charge in [0.25, 0.3) is 0 Å². The molecule has 1 amide bonds. The Morgan fingerprint density at radius 3 is 2.72 bits per heavy atom. The second-order valence-corrected chi connectivity index (χ2v) is 4.42. The molecule has 7 heteroatoms. The molecule has 18 heavy (non-hydrogen) atoms. The van der Waals surface area contributed by atoms with Crippen LogP contribution in [0.25, 0.3) is 0 Å². The number of rotatable bonds is 4. The third kappa shape index (κ3) is 3.06. The van der Waals surface area contributed by atoms with Crippen molar-refractivity contribution in [2.24, 2.45) is 0 Å². The van der Waals surface area contributed by atoms with Crippen molar-refractivity contribution in [2.45, 2.75) is 32.2 Å². The van der Waals surface area contributed by atoms with Crippen LogP contribution >= 0.6 is 0 Å². The molecule has 1 fully saturated rings. The summed E-state index contributed by atoms with van der Waals surface area (Å²) in [6.45, 7) is 2.11. The van der Waals surface area contributed by atoms with E-state index in [4.69, 9.17) is 0 Å². The van der Waals surface area contributed by atoms with Crippen molar-refractivity contribution in [2.75, 3.05) is 13.1 Å². The molecule has 1 aliphatic heterocycles. The molecule has 0 N–H and O–H groups in total. The monoisotopic (exact) mass is 252 g/mol. The van der Waals surface area contributed by atoms with E-state index in [1.807, 2.05) is 4.90 Å². The minimum atomic E-state index is -0.539. The zero-order valence-electron chi connectivity index (χ0n) is 10.1. The molecular weight excluding hydrogens is 236 g/mol. The Labute approximate surface area is 105 Å². The third-order valence-corrected chi connectivity index (χ3v) is 3.10. The Balaban J connectivity index is 1.82. The van der Waals surface area contributed by atoms with Crippen LogP contribution in [0.15, 0.2) is 12.5 Å². The number of hydrogen-bond acceptors (Lipinski definition) is 4. The highest BCUT2D eigenvalue weighted by molar-refractivity contribution is 5.76. The molecule has 1 saturated heterocycles. The van der Waals surface area contributed by atoms with Crippen LogP contribution in [0.3, 0.4) is 0 Å². The van der Waals surface area contributed by atoms with Gasteiger partial charge in [0, 0.05) is 26.1 Å². The highest BCUT2D eigenvalue weighted by Crippen LogP contribution is 2.11. The van der Waals surface area contributed by atoms with Crippen molar-refractivity contribution < 1.29 is 9.72 Å². The quantitative estimate of drug-likeness (QED) is 0.595. The average molecular weight is 252 g/mol. The van der Waals surface area contributed by atoms with Gasteiger partial charge in [-0.2, -0.15) is 0 Å². The molecule has 1 aromatic heterocycles. The lowest BCUT2D eigenvalue weighted by Gasteiger charge is -2.26. The molecule has 1 aromatic rings. The molecule has 0 aromatic carbocycles. The summed E-state index contributed by atoms with van der Waals surface area (Å²) in [5, 5.41) is 10.5. The predicted octanol–water partition coefficient (Wildman–Crippen LogP) is 1.19. The number of imidazole rings is 1. The molecule has 1 aliphatic rings. The number of amides is 1. The second-order valence-electron chi connectivity index (χ2n) is 4.42. The van der Waals surface area contributed by atoms with Crippen LogP contribution in [0.2, 0.25) is 0 Å². The van der Waals surface area contributed by atoms with Gasteiger partial charge >= 0.3 is 5.82 Å².